The molecule has 1 N–H and O–H groups in total. The average Bonchev–Trinajstić information content (AvgIpc) is 2.91. The number of hydrogen-bond acceptors (Lipinski definition) is 5. The number of aryl methyl sites for hydroxylation is 4. The van der Waals surface area contributed by atoms with Crippen LogP contribution in [0.3, 0.4) is 0 Å². The maximum Gasteiger partial charge on any atom is 0.453 e. The molecule has 0 aliphatic heterocycles. The maximum absolute atomic E-state index is 13.9. The predicted molar refractivity (Wildman–Crippen MR) is 148 cm³/mol. The van der Waals surface area contributed by atoms with Crippen molar-refractivity contribution in [2.75, 3.05) is 11.9 Å². The Morgan fingerprint density at radius 1 is 0.975 bits per heavy atom. The van der Waals surface area contributed by atoms with Gasteiger partial charge in [0.1, 0.15) is 17.1 Å². The number of carbonyl (C=O) groups excluding carboxylic acids is 1. The van der Waals surface area contributed by atoms with E-state index in [2.05, 4.69) is 5.32 Å². The van der Waals surface area contributed by atoms with Gasteiger partial charge >= 0.3 is 6.18 Å². The summed E-state index contributed by atoms with van der Waals surface area (Å²) in [6, 6.07) is 12.4. The number of halogens is 4. The number of para-hydroxylation sites is 1. The molecule has 0 saturated carbocycles. The lowest BCUT2D eigenvalue weighted by Crippen LogP contribution is -2.22. The van der Waals surface area contributed by atoms with Gasteiger partial charge in [0.25, 0.3) is 11.7 Å². The number of carbonyl (C=O) groups is 1. The van der Waals surface area contributed by atoms with Gasteiger partial charge in [-0.3, -0.25) is 9.59 Å². The molecule has 10 heteroatoms. The Hall–Kier alpha value is -3.98. The van der Waals surface area contributed by atoms with Crippen molar-refractivity contribution >= 4 is 34.2 Å². The van der Waals surface area contributed by atoms with Crippen LogP contribution in [0.25, 0.3) is 11.0 Å². The van der Waals surface area contributed by atoms with Gasteiger partial charge in [0.05, 0.1) is 5.39 Å². The molecule has 1 aromatic heterocycles. The van der Waals surface area contributed by atoms with Crippen LogP contribution in [0.15, 0.2) is 57.7 Å². The quantitative estimate of drug-likeness (QED) is 0.231. The minimum atomic E-state index is -5.03. The monoisotopic (exact) mass is 573 g/mol. The molecule has 210 valence electrons. The molecule has 4 rings (SSSR count). The Morgan fingerprint density at radius 2 is 1.60 bits per heavy atom. The average molecular weight is 574 g/mol. The summed E-state index contributed by atoms with van der Waals surface area (Å²) in [4.78, 5) is 25.8. The van der Waals surface area contributed by atoms with Crippen molar-refractivity contribution in [2.24, 2.45) is 0 Å². The first-order chi connectivity index (χ1) is 18.9. The van der Waals surface area contributed by atoms with Gasteiger partial charge < -0.3 is 19.2 Å². The zero-order valence-corrected chi connectivity index (χ0v) is 23.0. The van der Waals surface area contributed by atoms with Gasteiger partial charge in [0, 0.05) is 16.8 Å². The summed E-state index contributed by atoms with van der Waals surface area (Å²) >= 11 is 6.14. The second-order valence-corrected chi connectivity index (χ2v) is 9.59. The van der Waals surface area contributed by atoms with Crippen LogP contribution in [0, 0.1) is 13.8 Å². The smallest absolute Gasteiger partial charge is 0.453 e. The number of nitrogens with one attached hydrogen (secondary N) is 1. The second kappa shape index (κ2) is 11.6. The molecule has 6 nitrogen and oxygen atoms in total. The summed E-state index contributed by atoms with van der Waals surface area (Å²) in [7, 11) is 0. The Labute approximate surface area is 233 Å². The fourth-order valence-corrected chi connectivity index (χ4v) is 4.45. The molecule has 0 atom stereocenters. The first-order valence-electron chi connectivity index (χ1n) is 12.6. The predicted octanol–water partition coefficient (Wildman–Crippen LogP) is 8.02. The van der Waals surface area contributed by atoms with E-state index in [0.717, 1.165) is 35.7 Å². The van der Waals surface area contributed by atoms with E-state index in [9.17, 15) is 22.8 Å². The lowest BCUT2D eigenvalue weighted by Gasteiger charge is -2.15. The number of anilines is 1. The van der Waals surface area contributed by atoms with Crippen molar-refractivity contribution in [1.29, 1.82) is 0 Å². The van der Waals surface area contributed by atoms with Crippen LogP contribution < -0.4 is 20.2 Å². The molecular formula is C30H27ClF3NO5. The number of rotatable bonds is 8. The van der Waals surface area contributed by atoms with Crippen molar-refractivity contribution in [3.05, 3.63) is 91.8 Å². The first kappa shape index (κ1) is 29.0. The third-order valence-electron chi connectivity index (χ3n) is 6.34. The highest BCUT2D eigenvalue weighted by Crippen LogP contribution is 2.39. The Kier molecular flexibility index (Phi) is 8.44. The number of hydrogen-bond donors (Lipinski definition) is 1. The third-order valence-corrected chi connectivity index (χ3v) is 6.94. The van der Waals surface area contributed by atoms with Gasteiger partial charge in [0.2, 0.25) is 11.2 Å². The normalized spacial score (nSPS) is 11.5. The molecule has 0 unspecified atom stereocenters. The van der Waals surface area contributed by atoms with Crippen LogP contribution in [0.2, 0.25) is 5.02 Å². The van der Waals surface area contributed by atoms with Crippen LogP contribution in [0.1, 0.15) is 41.9 Å². The molecule has 0 aliphatic carbocycles. The topological polar surface area (TPSA) is 77.8 Å². The summed E-state index contributed by atoms with van der Waals surface area (Å²) in [5.74, 6) is -2.95. The van der Waals surface area contributed by atoms with Crippen molar-refractivity contribution in [3.8, 4) is 17.2 Å². The zero-order chi connectivity index (χ0) is 29.2. The van der Waals surface area contributed by atoms with Crippen LogP contribution in [0.5, 0.6) is 17.2 Å². The van der Waals surface area contributed by atoms with Crippen LogP contribution >= 0.6 is 11.6 Å². The Bertz CT molecular complexity index is 1600. The van der Waals surface area contributed by atoms with Crippen molar-refractivity contribution in [3.63, 3.8) is 0 Å². The third kappa shape index (κ3) is 6.09. The molecule has 1 heterocycles. The number of alkyl halides is 3. The van der Waals surface area contributed by atoms with E-state index in [-0.39, 0.29) is 22.5 Å². The van der Waals surface area contributed by atoms with E-state index in [1.54, 1.807) is 13.8 Å². The highest BCUT2D eigenvalue weighted by molar-refractivity contribution is 6.32. The number of fused-ring (bicyclic) bond motifs is 1. The van der Waals surface area contributed by atoms with E-state index < -0.39 is 35.6 Å². The van der Waals surface area contributed by atoms with E-state index >= 15 is 0 Å². The SMILES string of the molecule is CCc1cccc(CC)c1NC(=O)COc1ccc2c(=O)c(Oc3cc(C)c(Cl)c(C)c3)c(C(F)(F)F)oc2c1. The molecule has 4 aromatic rings. The van der Waals surface area contributed by atoms with Crippen molar-refractivity contribution < 1.29 is 31.9 Å². The molecule has 0 bridgehead atoms. The lowest BCUT2D eigenvalue weighted by atomic mass is 10.0. The van der Waals surface area contributed by atoms with Gasteiger partial charge in [-0.1, -0.05) is 43.6 Å². The fraction of sp³-hybridized carbons (Fsp3) is 0.267. The highest BCUT2D eigenvalue weighted by Gasteiger charge is 2.40. The fourth-order valence-electron chi connectivity index (χ4n) is 4.34. The molecule has 3 aromatic carbocycles. The molecule has 0 fully saturated rings. The van der Waals surface area contributed by atoms with Gasteiger partial charge in [-0.05, 0) is 73.2 Å². The highest BCUT2D eigenvalue weighted by atomic mass is 35.5. The molecule has 0 spiro atoms. The zero-order valence-electron chi connectivity index (χ0n) is 22.3. The summed E-state index contributed by atoms with van der Waals surface area (Å²) in [5, 5.41) is 3.15. The number of benzene rings is 3. The van der Waals surface area contributed by atoms with E-state index in [1.807, 2.05) is 32.0 Å². The molecule has 1 amide bonds. The van der Waals surface area contributed by atoms with Gasteiger partial charge in [-0.25, -0.2) is 0 Å². The largest absolute Gasteiger partial charge is 0.484 e. The molecular weight excluding hydrogens is 547 g/mol. The van der Waals surface area contributed by atoms with Crippen LogP contribution in [0.4, 0.5) is 18.9 Å². The molecule has 0 saturated heterocycles. The number of amides is 1. The second-order valence-electron chi connectivity index (χ2n) is 9.21. The minimum absolute atomic E-state index is 0.0124. The van der Waals surface area contributed by atoms with Crippen molar-refractivity contribution in [1.82, 2.24) is 0 Å². The lowest BCUT2D eigenvalue weighted by molar-refractivity contribution is -0.154. The molecule has 40 heavy (non-hydrogen) atoms. The van der Waals surface area contributed by atoms with Crippen molar-refractivity contribution in [2.45, 2.75) is 46.7 Å². The minimum Gasteiger partial charge on any atom is -0.484 e. The summed E-state index contributed by atoms with van der Waals surface area (Å²) in [6.07, 6.45) is -3.59. The standard InChI is InChI=1S/C30H27ClF3NO5/c1-5-18-8-7-9-19(6-2)26(18)35-24(36)15-38-20-10-11-22-23(14-20)40-29(30(32,33)34)28(27(22)37)39-21-12-16(3)25(31)17(4)13-21/h7-14H,5-6,15H2,1-4H3,(H,35,36). The maximum atomic E-state index is 13.9. The van der Waals surface area contributed by atoms with E-state index in [0.29, 0.717) is 16.1 Å². The van der Waals surface area contributed by atoms with E-state index in [1.165, 1.54) is 24.3 Å². The van der Waals surface area contributed by atoms with Gasteiger partial charge in [0.15, 0.2) is 6.61 Å². The molecule has 0 aliphatic rings. The van der Waals surface area contributed by atoms with Gasteiger partial charge in [-0.15, -0.1) is 0 Å². The van der Waals surface area contributed by atoms with E-state index in [4.69, 9.17) is 25.5 Å². The summed E-state index contributed by atoms with van der Waals surface area (Å²) in [6.45, 7) is 6.89. The number of ether oxygens (including phenoxy) is 2. The van der Waals surface area contributed by atoms with Crippen LogP contribution in [-0.4, -0.2) is 12.5 Å². The first-order valence-corrected chi connectivity index (χ1v) is 13.0. The summed E-state index contributed by atoms with van der Waals surface area (Å²) < 4.78 is 57.9. The summed E-state index contributed by atoms with van der Waals surface area (Å²) in [5.41, 5.74) is 2.44. The van der Waals surface area contributed by atoms with Gasteiger partial charge in [-0.2, -0.15) is 13.2 Å². The molecule has 0 radical (unpaired) electrons. The Morgan fingerprint density at radius 3 is 2.17 bits per heavy atom. The Balaban J connectivity index is 1.62. The van der Waals surface area contributed by atoms with Crippen LogP contribution in [-0.2, 0) is 23.8 Å².